The van der Waals surface area contributed by atoms with Crippen LogP contribution in [0.2, 0.25) is 0 Å². The number of benzene rings is 5. The van der Waals surface area contributed by atoms with E-state index in [-0.39, 0.29) is 5.78 Å². The van der Waals surface area contributed by atoms with Crippen LogP contribution in [0, 0.1) is 0 Å². The van der Waals surface area contributed by atoms with Crippen LogP contribution < -0.4 is 0 Å². The highest BCUT2D eigenvalue weighted by molar-refractivity contribution is 6.25. The van der Waals surface area contributed by atoms with Gasteiger partial charge in [0.2, 0.25) is 0 Å². The lowest BCUT2D eigenvalue weighted by Gasteiger charge is -2.14. The summed E-state index contributed by atoms with van der Waals surface area (Å²) < 4.78 is 0. The fourth-order valence-electron chi connectivity index (χ4n) is 3.94. The zero-order chi connectivity index (χ0) is 18.9. The van der Waals surface area contributed by atoms with Crippen molar-refractivity contribution in [1.29, 1.82) is 0 Å². The molecule has 0 spiro atoms. The van der Waals surface area contributed by atoms with Gasteiger partial charge >= 0.3 is 0 Å². The molecule has 0 fully saturated rings. The van der Waals surface area contributed by atoms with Gasteiger partial charge in [0.1, 0.15) is 0 Å². The van der Waals surface area contributed by atoms with Crippen LogP contribution in [0.15, 0.2) is 109 Å². The van der Waals surface area contributed by atoms with Crippen LogP contribution in [0.3, 0.4) is 0 Å². The summed E-state index contributed by atoms with van der Waals surface area (Å²) in [6.45, 7) is 0. The van der Waals surface area contributed by atoms with E-state index in [9.17, 15) is 4.79 Å². The lowest BCUT2D eigenvalue weighted by atomic mass is 9.88. The summed E-state index contributed by atoms with van der Waals surface area (Å²) in [5, 5.41) is 4.37. The molecule has 0 saturated carbocycles. The van der Waals surface area contributed by atoms with E-state index in [2.05, 4.69) is 48.5 Å². The second kappa shape index (κ2) is 6.79. The van der Waals surface area contributed by atoms with Crippen molar-refractivity contribution >= 4 is 27.3 Å². The first kappa shape index (κ1) is 16.5. The Labute approximate surface area is 163 Å². The third-order valence-corrected chi connectivity index (χ3v) is 5.25. The van der Waals surface area contributed by atoms with Crippen LogP contribution in [0.25, 0.3) is 32.7 Å². The van der Waals surface area contributed by atoms with Crippen molar-refractivity contribution in [2.24, 2.45) is 0 Å². The second-order valence-corrected chi connectivity index (χ2v) is 6.93. The van der Waals surface area contributed by atoms with Gasteiger partial charge in [-0.2, -0.15) is 0 Å². The number of ketones is 1. The van der Waals surface area contributed by atoms with Gasteiger partial charge in [0, 0.05) is 16.5 Å². The number of hydrogen-bond acceptors (Lipinski definition) is 1. The lowest BCUT2D eigenvalue weighted by Crippen LogP contribution is -2.02. The Morgan fingerprint density at radius 2 is 1.21 bits per heavy atom. The maximum absolute atomic E-state index is 13.4. The Morgan fingerprint density at radius 1 is 0.571 bits per heavy atom. The molecule has 0 aliphatic carbocycles. The molecular weight excluding hydrogens is 340 g/mol. The second-order valence-electron chi connectivity index (χ2n) is 6.93. The van der Waals surface area contributed by atoms with E-state index < -0.39 is 0 Å². The van der Waals surface area contributed by atoms with Crippen molar-refractivity contribution in [1.82, 2.24) is 0 Å². The lowest BCUT2D eigenvalue weighted by molar-refractivity contribution is 0.104. The molecule has 0 bridgehead atoms. The normalized spacial score (nSPS) is 11.0. The van der Waals surface area contributed by atoms with E-state index in [1.54, 1.807) is 0 Å². The summed E-state index contributed by atoms with van der Waals surface area (Å²) in [5.74, 6) is 0.0570. The fourth-order valence-corrected chi connectivity index (χ4v) is 3.94. The van der Waals surface area contributed by atoms with Crippen molar-refractivity contribution in [2.75, 3.05) is 0 Å². The average molecular weight is 358 g/mol. The molecule has 0 radical (unpaired) electrons. The molecule has 0 heterocycles. The standard InChI is InChI=1S/C27H18O/c28-27(20-12-5-2-6-13-20)24-17-9-16-23-25(19-10-3-1-4-11-19)18-21-14-7-8-15-22(21)26(23)24/h1-18H. The third kappa shape index (κ3) is 2.69. The Kier molecular flexibility index (Phi) is 3.99. The van der Waals surface area contributed by atoms with Crippen molar-refractivity contribution in [3.63, 3.8) is 0 Å². The molecule has 1 nitrogen and oxygen atoms in total. The van der Waals surface area contributed by atoms with Gasteiger partial charge in [0.25, 0.3) is 0 Å². The van der Waals surface area contributed by atoms with E-state index in [0.29, 0.717) is 5.56 Å². The van der Waals surface area contributed by atoms with E-state index in [4.69, 9.17) is 0 Å². The SMILES string of the molecule is O=C(c1ccccc1)c1cccc2c(-c3ccccc3)cc3ccccc3c12. The Bertz CT molecular complexity index is 1300. The summed E-state index contributed by atoms with van der Waals surface area (Å²) >= 11 is 0. The Hall–Kier alpha value is -3.71. The largest absolute Gasteiger partial charge is 0.289 e. The van der Waals surface area contributed by atoms with E-state index in [1.165, 1.54) is 0 Å². The molecule has 0 unspecified atom stereocenters. The van der Waals surface area contributed by atoms with Crippen LogP contribution in [0.1, 0.15) is 15.9 Å². The van der Waals surface area contributed by atoms with Crippen LogP contribution >= 0.6 is 0 Å². The molecule has 0 atom stereocenters. The minimum atomic E-state index is 0.0570. The molecule has 0 amide bonds. The minimum Gasteiger partial charge on any atom is -0.289 e. The van der Waals surface area contributed by atoms with Gasteiger partial charge < -0.3 is 0 Å². The van der Waals surface area contributed by atoms with Gasteiger partial charge in [0.15, 0.2) is 5.78 Å². The number of carbonyl (C=O) groups excluding carboxylic acids is 1. The quantitative estimate of drug-likeness (QED) is 0.253. The van der Waals surface area contributed by atoms with E-state index >= 15 is 0 Å². The topological polar surface area (TPSA) is 17.1 Å². The first-order valence-corrected chi connectivity index (χ1v) is 9.42. The zero-order valence-corrected chi connectivity index (χ0v) is 15.3. The number of rotatable bonds is 3. The highest BCUT2D eigenvalue weighted by Gasteiger charge is 2.16. The Morgan fingerprint density at radius 3 is 2.00 bits per heavy atom. The zero-order valence-electron chi connectivity index (χ0n) is 15.3. The summed E-state index contributed by atoms with van der Waals surface area (Å²) in [6, 6.07) is 36.5. The van der Waals surface area contributed by atoms with Gasteiger partial charge in [-0.3, -0.25) is 4.79 Å². The van der Waals surface area contributed by atoms with Gasteiger partial charge in [-0.05, 0) is 33.4 Å². The third-order valence-electron chi connectivity index (χ3n) is 5.25. The fraction of sp³-hybridized carbons (Fsp3) is 0. The first-order valence-electron chi connectivity index (χ1n) is 9.42. The van der Waals surface area contributed by atoms with E-state index in [0.717, 1.165) is 38.2 Å². The molecule has 5 aromatic carbocycles. The molecular formula is C27H18O. The predicted octanol–water partition coefficient (Wildman–Crippen LogP) is 6.89. The summed E-state index contributed by atoms with van der Waals surface area (Å²) in [4.78, 5) is 13.4. The van der Waals surface area contributed by atoms with Crippen molar-refractivity contribution < 1.29 is 4.79 Å². The van der Waals surface area contributed by atoms with Gasteiger partial charge in [-0.1, -0.05) is 103 Å². The van der Waals surface area contributed by atoms with Crippen LogP contribution in [0.4, 0.5) is 0 Å². The van der Waals surface area contributed by atoms with E-state index in [1.807, 2.05) is 60.7 Å². The highest BCUT2D eigenvalue weighted by atomic mass is 16.1. The van der Waals surface area contributed by atoms with Gasteiger partial charge in [-0.25, -0.2) is 0 Å². The monoisotopic (exact) mass is 358 g/mol. The smallest absolute Gasteiger partial charge is 0.193 e. The van der Waals surface area contributed by atoms with Gasteiger partial charge in [-0.15, -0.1) is 0 Å². The van der Waals surface area contributed by atoms with Crippen molar-refractivity contribution in [3.05, 3.63) is 120 Å². The number of fused-ring (bicyclic) bond motifs is 3. The molecule has 0 aromatic heterocycles. The summed E-state index contributed by atoms with van der Waals surface area (Å²) in [6.07, 6.45) is 0. The predicted molar refractivity (Wildman–Crippen MR) is 117 cm³/mol. The molecule has 5 rings (SSSR count). The molecule has 0 aliphatic rings. The van der Waals surface area contributed by atoms with Crippen molar-refractivity contribution in [3.8, 4) is 11.1 Å². The molecule has 28 heavy (non-hydrogen) atoms. The van der Waals surface area contributed by atoms with Gasteiger partial charge in [0.05, 0.1) is 0 Å². The van der Waals surface area contributed by atoms with Crippen LogP contribution in [0.5, 0.6) is 0 Å². The van der Waals surface area contributed by atoms with Crippen molar-refractivity contribution in [2.45, 2.75) is 0 Å². The molecule has 0 saturated heterocycles. The van der Waals surface area contributed by atoms with Crippen LogP contribution in [-0.2, 0) is 0 Å². The molecule has 132 valence electrons. The molecule has 0 aliphatic heterocycles. The van der Waals surface area contributed by atoms with Crippen LogP contribution in [-0.4, -0.2) is 5.78 Å². The maximum atomic E-state index is 13.4. The molecule has 0 N–H and O–H groups in total. The molecule has 5 aromatic rings. The summed E-state index contributed by atoms with van der Waals surface area (Å²) in [5.41, 5.74) is 3.77. The average Bonchev–Trinajstić information content (AvgIpc) is 2.79. The summed E-state index contributed by atoms with van der Waals surface area (Å²) in [7, 11) is 0. The minimum absolute atomic E-state index is 0.0570. The number of carbonyl (C=O) groups is 1. The Balaban J connectivity index is 1.89. The molecule has 1 heteroatoms. The highest BCUT2D eigenvalue weighted by Crippen LogP contribution is 2.37. The number of hydrogen-bond donors (Lipinski definition) is 0. The maximum Gasteiger partial charge on any atom is 0.193 e. The first-order chi connectivity index (χ1) is 13.8.